The third-order valence-corrected chi connectivity index (χ3v) is 4.20. The van der Waals surface area contributed by atoms with Crippen LogP contribution in [-0.2, 0) is 0 Å². The minimum absolute atomic E-state index is 0. The van der Waals surface area contributed by atoms with Gasteiger partial charge in [0.1, 0.15) is 0 Å². The summed E-state index contributed by atoms with van der Waals surface area (Å²) in [6.07, 6.45) is 0.855. The largest absolute Gasteiger partial charge is 0.324 e. The van der Waals surface area contributed by atoms with Crippen molar-refractivity contribution in [2.75, 3.05) is 26.2 Å². The average Bonchev–Trinajstić information content (AvgIpc) is 2.86. The lowest BCUT2D eigenvalue weighted by Crippen LogP contribution is -2.45. The van der Waals surface area contributed by atoms with Crippen molar-refractivity contribution in [3.63, 3.8) is 0 Å². The zero-order chi connectivity index (χ0) is 13.8. The van der Waals surface area contributed by atoms with Gasteiger partial charge in [-0.05, 0) is 18.9 Å². The Morgan fingerprint density at radius 2 is 2.14 bits per heavy atom. The third kappa shape index (κ3) is 5.56. The zero-order valence-corrected chi connectivity index (χ0v) is 14.4. The van der Waals surface area contributed by atoms with E-state index in [9.17, 15) is 10.1 Å². The maximum Gasteiger partial charge on any atom is 0.324 e. The summed E-state index contributed by atoms with van der Waals surface area (Å²) in [6.45, 7) is 9.88. The van der Waals surface area contributed by atoms with Crippen LogP contribution in [0.5, 0.6) is 0 Å². The van der Waals surface area contributed by atoms with Crippen LogP contribution in [0.2, 0.25) is 0 Å². The average molecular weight is 354 g/mol. The molecule has 120 valence electrons. The maximum absolute atomic E-state index is 10.8. The number of nitro groups is 1. The first-order valence-electron chi connectivity index (χ1n) is 6.40. The van der Waals surface area contributed by atoms with Crippen molar-refractivity contribution in [3.05, 3.63) is 39.3 Å². The van der Waals surface area contributed by atoms with Gasteiger partial charge in [-0.25, -0.2) is 0 Å². The Bertz CT molecular complexity index is 476. The van der Waals surface area contributed by atoms with Crippen LogP contribution in [0.1, 0.15) is 24.9 Å². The molecular formula is C13H21Cl2N3O2S. The molecule has 5 nitrogen and oxygen atoms in total. The lowest BCUT2D eigenvalue weighted by molar-refractivity contribution is -0.380. The quantitative estimate of drug-likeness (QED) is 0.500. The Morgan fingerprint density at radius 3 is 2.62 bits per heavy atom. The lowest BCUT2D eigenvalue weighted by Gasteiger charge is -2.34. The fraction of sp³-hybridized carbons (Fsp3) is 0.538. The molecular weight excluding hydrogens is 333 g/mol. The van der Waals surface area contributed by atoms with Crippen LogP contribution in [0, 0.1) is 10.1 Å². The van der Waals surface area contributed by atoms with Gasteiger partial charge in [-0.1, -0.05) is 16.9 Å². The molecule has 0 radical (unpaired) electrons. The molecule has 1 N–H and O–H groups in total. The number of rotatable bonds is 5. The Kier molecular flexibility index (Phi) is 9.08. The number of hydrogen-bond acceptors (Lipinski definition) is 5. The normalized spacial score (nSPS) is 16.4. The maximum atomic E-state index is 10.8. The van der Waals surface area contributed by atoms with E-state index in [1.807, 2.05) is 12.3 Å². The molecule has 2 rings (SSSR count). The van der Waals surface area contributed by atoms with E-state index in [4.69, 9.17) is 0 Å². The predicted molar refractivity (Wildman–Crippen MR) is 92.1 cm³/mol. The highest BCUT2D eigenvalue weighted by molar-refractivity contribution is 7.13. The molecule has 1 aromatic heterocycles. The molecule has 1 aromatic rings. The second kappa shape index (κ2) is 9.38. The van der Waals surface area contributed by atoms with Crippen molar-refractivity contribution in [2.24, 2.45) is 0 Å². The van der Waals surface area contributed by atoms with Crippen molar-refractivity contribution >= 4 is 41.2 Å². The van der Waals surface area contributed by atoms with Crippen LogP contribution >= 0.6 is 36.2 Å². The highest BCUT2D eigenvalue weighted by Gasteiger charge is 2.24. The second-order valence-corrected chi connectivity index (χ2v) is 5.83. The zero-order valence-electron chi connectivity index (χ0n) is 11.9. The van der Waals surface area contributed by atoms with Crippen molar-refractivity contribution in [3.8, 4) is 0 Å². The standard InChI is InChI=1S/C13H19N3O2S.2ClH/c1-10(2)7-12(15-5-3-14-4-6-15)11-8-13(16(17)18)19-9-11;;/h8-9,12,14H,1,3-7H2,2H3;2*1H/t12-;;/m0../s1. The highest BCUT2D eigenvalue weighted by Crippen LogP contribution is 2.33. The molecule has 8 heteroatoms. The van der Waals surface area contributed by atoms with E-state index in [0.717, 1.165) is 43.7 Å². The van der Waals surface area contributed by atoms with Gasteiger partial charge in [0.15, 0.2) is 0 Å². The lowest BCUT2D eigenvalue weighted by atomic mass is 10.0. The van der Waals surface area contributed by atoms with Crippen molar-refractivity contribution in [1.82, 2.24) is 10.2 Å². The van der Waals surface area contributed by atoms with E-state index >= 15 is 0 Å². The molecule has 1 fully saturated rings. The first-order valence-corrected chi connectivity index (χ1v) is 7.28. The van der Waals surface area contributed by atoms with E-state index in [0.29, 0.717) is 0 Å². The topological polar surface area (TPSA) is 58.4 Å². The molecule has 1 saturated heterocycles. The van der Waals surface area contributed by atoms with E-state index in [-0.39, 0.29) is 40.8 Å². The number of nitrogens with one attached hydrogen (secondary N) is 1. The molecule has 21 heavy (non-hydrogen) atoms. The van der Waals surface area contributed by atoms with Crippen LogP contribution in [-0.4, -0.2) is 36.0 Å². The summed E-state index contributed by atoms with van der Waals surface area (Å²) in [6, 6.07) is 1.92. The number of hydrogen-bond donors (Lipinski definition) is 1. The number of nitrogens with zero attached hydrogens (tertiary/aromatic N) is 2. The monoisotopic (exact) mass is 353 g/mol. The van der Waals surface area contributed by atoms with E-state index in [1.165, 1.54) is 11.3 Å². The molecule has 0 spiro atoms. The summed E-state index contributed by atoms with van der Waals surface area (Å²) in [5.41, 5.74) is 2.15. The summed E-state index contributed by atoms with van der Waals surface area (Å²) in [4.78, 5) is 12.9. The highest BCUT2D eigenvalue weighted by atomic mass is 35.5. The van der Waals surface area contributed by atoms with Crippen molar-refractivity contribution in [1.29, 1.82) is 0 Å². The summed E-state index contributed by atoms with van der Waals surface area (Å²) in [5.74, 6) is 0. The van der Waals surface area contributed by atoms with Gasteiger partial charge in [-0.3, -0.25) is 15.0 Å². The fourth-order valence-corrected chi connectivity index (χ4v) is 3.16. The second-order valence-electron chi connectivity index (χ2n) is 4.94. The van der Waals surface area contributed by atoms with Crippen LogP contribution in [0.25, 0.3) is 0 Å². The van der Waals surface area contributed by atoms with E-state index < -0.39 is 0 Å². The van der Waals surface area contributed by atoms with E-state index in [1.54, 1.807) is 6.07 Å². The smallest absolute Gasteiger partial charge is 0.314 e. The Balaban J connectivity index is 0.00000200. The summed E-state index contributed by atoms with van der Waals surface area (Å²) >= 11 is 1.21. The summed E-state index contributed by atoms with van der Waals surface area (Å²) in [7, 11) is 0. The van der Waals surface area contributed by atoms with Crippen LogP contribution < -0.4 is 5.32 Å². The van der Waals surface area contributed by atoms with Gasteiger partial charge in [0, 0.05) is 43.7 Å². The molecule has 0 saturated carbocycles. The molecule has 0 unspecified atom stereocenters. The number of halogens is 2. The minimum Gasteiger partial charge on any atom is -0.314 e. The van der Waals surface area contributed by atoms with Gasteiger partial charge >= 0.3 is 5.00 Å². The molecule has 2 heterocycles. The summed E-state index contributed by atoms with van der Waals surface area (Å²) < 4.78 is 0. The molecule has 0 aliphatic carbocycles. The minimum atomic E-state index is -0.316. The molecule has 1 aliphatic rings. The van der Waals surface area contributed by atoms with Crippen LogP contribution in [0.4, 0.5) is 5.00 Å². The van der Waals surface area contributed by atoms with Gasteiger partial charge in [0.05, 0.1) is 4.92 Å². The molecule has 0 aromatic carbocycles. The van der Waals surface area contributed by atoms with Gasteiger partial charge in [0.2, 0.25) is 0 Å². The molecule has 1 aliphatic heterocycles. The third-order valence-electron chi connectivity index (χ3n) is 3.30. The SMILES string of the molecule is C=C(C)C[C@@H](c1csc([N+](=O)[O-])c1)N1CCNCC1.Cl.Cl. The van der Waals surface area contributed by atoms with Gasteiger partial charge in [-0.15, -0.1) is 31.4 Å². The van der Waals surface area contributed by atoms with Crippen molar-refractivity contribution in [2.45, 2.75) is 19.4 Å². The predicted octanol–water partition coefficient (Wildman–Crippen LogP) is 3.41. The fourth-order valence-electron chi connectivity index (χ4n) is 2.39. The molecule has 0 bridgehead atoms. The Morgan fingerprint density at radius 1 is 1.52 bits per heavy atom. The first kappa shape index (κ1) is 20.3. The van der Waals surface area contributed by atoms with Gasteiger partial charge < -0.3 is 5.32 Å². The van der Waals surface area contributed by atoms with E-state index in [2.05, 4.69) is 16.8 Å². The van der Waals surface area contributed by atoms with Crippen LogP contribution in [0.3, 0.4) is 0 Å². The first-order chi connectivity index (χ1) is 9.08. The van der Waals surface area contributed by atoms with Crippen molar-refractivity contribution < 1.29 is 4.92 Å². The van der Waals surface area contributed by atoms with Gasteiger partial charge in [-0.2, -0.15) is 0 Å². The van der Waals surface area contributed by atoms with Crippen LogP contribution in [0.15, 0.2) is 23.6 Å². The van der Waals surface area contributed by atoms with Gasteiger partial charge in [0.25, 0.3) is 0 Å². The summed E-state index contributed by atoms with van der Waals surface area (Å²) in [5, 5.41) is 16.3. The Hall–Kier alpha value is -0.660. The Labute approximate surface area is 141 Å². The molecule has 1 atom stereocenters. The molecule has 0 amide bonds. The number of piperazine rings is 1. The number of thiophene rings is 1.